The molecule has 3 aromatic rings. The summed E-state index contributed by atoms with van der Waals surface area (Å²) in [7, 11) is -2.68. The molecule has 10 heteroatoms. The van der Waals surface area contributed by atoms with Crippen molar-refractivity contribution in [3.8, 4) is 11.5 Å². The first-order valence-corrected chi connectivity index (χ1v) is 12.5. The Morgan fingerprint density at radius 2 is 1.68 bits per heavy atom. The highest BCUT2D eigenvalue weighted by atomic mass is 35.5. The van der Waals surface area contributed by atoms with Gasteiger partial charge in [0.2, 0.25) is 0 Å². The zero-order chi connectivity index (χ0) is 24.3. The van der Waals surface area contributed by atoms with Crippen LogP contribution in [0.3, 0.4) is 0 Å². The zero-order valence-electron chi connectivity index (χ0n) is 17.8. The molecule has 174 valence electrons. The Bertz CT molecular complexity index is 1390. The number of rotatable bonds is 7. The van der Waals surface area contributed by atoms with E-state index in [0.717, 1.165) is 16.7 Å². The van der Waals surface area contributed by atoms with E-state index in [1.165, 1.54) is 37.5 Å². The van der Waals surface area contributed by atoms with Crippen molar-refractivity contribution in [1.29, 1.82) is 0 Å². The van der Waals surface area contributed by atoms with E-state index < -0.39 is 21.3 Å². The molecule has 0 spiro atoms. The van der Waals surface area contributed by atoms with Crippen molar-refractivity contribution < 1.29 is 26.9 Å². The van der Waals surface area contributed by atoms with Gasteiger partial charge in [0.05, 0.1) is 18.6 Å². The van der Waals surface area contributed by atoms with Crippen molar-refractivity contribution in [3.63, 3.8) is 0 Å². The van der Waals surface area contributed by atoms with Gasteiger partial charge in [0.1, 0.15) is 4.90 Å². The van der Waals surface area contributed by atoms with E-state index in [1.807, 2.05) is 0 Å². The minimum absolute atomic E-state index is 0.00433. The summed E-state index contributed by atoms with van der Waals surface area (Å²) in [6.07, 6.45) is 1.54. The van der Waals surface area contributed by atoms with E-state index in [1.54, 1.807) is 48.5 Å². The van der Waals surface area contributed by atoms with Gasteiger partial charge < -0.3 is 8.92 Å². The van der Waals surface area contributed by atoms with Gasteiger partial charge in [-0.1, -0.05) is 54.1 Å². The largest absolute Gasteiger partial charge is 0.493 e. The third-order valence-corrected chi connectivity index (χ3v) is 7.40. The van der Waals surface area contributed by atoms with E-state index >= 15 is 0 Å². The third-order valence-electron chi connectivity index (χ3n) is 4.88. The number of nitrogens with zero attached hydrogens (tertiary/aromatic N) is 1. The molecule has 1 fully saturated rings. The predicted octanol–water partition coefficient (Wildman–Crippen LogP) is 5.35. The molecule has 7 nitrogen and oxygen atoms in total. The highest BCUT2D eigenvalue weighted by molar-refractivity contribution is 8.18. The van der Waals surface area contributed by atoms with Crippen LogP contribution in [0.15, 0.2) is 82.6 Å². The van der Waals surface area contributed by atoms with Crippen molar-refractivity contribution >= 4 is 50.7 Å². The van der Waals surface area contributed by atoms with Crippen LogP contribution in [0, 0.1) is 0 Å². The first-order chi connectivity index (χ1) is 16.3. The van der Waals surface area contributed by atoms with Crippen LogP contribution in [0.2, 0.25) is 5.02 Å². The van der Waals surface area contributed by atoms with Gasteiger partial charge in [-0.25, -0.2) is 0 Å². The Labute approximate surface area is 206 Å². The molecule has 3 aromatic carbocycles. The molecule has 2 amide bonds. The summed E-state index contributed by atoms with van der Waals surface area (Å²) in [5.41, 5.74) is 1.19. The van der Waals surface area contributed by atoms with Gasteiger partial charge >= 0.3 is 10.1 Å². The highest BCUT2D eigenvalue weighted by Crippen LogP contribution is 2.36. The summed E-state index contributed by atoms with van der Waals surface area (Å²) < 4.78 is 35.6. The summed E-state index contributed by atoms with van der Waals surface area (Å²) in [4.78, 5) is 26.6. The molecule has 34 heavy (non-hydrogen) atoms. The summed E-state index contributed by atoms with van der Waals surface area (Å²) in [5, 5.41) is 0.0633. The standard InChI is InChI=1S/C24H18ClNO6S2/c1-31-21-13-16(11-12-20(21)32-34(29,30)18-8-3-2-4-9-18)14-22-23(27)26(24(28)33-22)15-17-7-5-6-10-19(17)25/h2-14H,15H2,1H3/b22-14-. The van der Waals surface area contributed by atoms with E-state index in [-0.39, 0.29) is 27.8 Å². The second kappa shape index (κ2) is 9.92. The third kappa shape index (κ3) is 5.11. The van der Waals surface area contributed by atoms with Gasteiger partial charge in [-0.3, -0.25) is 14.5 Å². The van der Waals surface area contributed by atoms with E-state index in [2.05, 4.69) is 0 Å². The van der Waals surface area contributed by atoms with Gasteiger partial charge in [0.25, 0.3) is 11.1 Å². The second-order valence-corrected chi connectivity index (χ2v) is 10.1. The predicted molar refractivity (Wildman–Crippen MR) is 130 cm³/mol. The Hall–Kier alpha value is -3.27. The number of imide groups is 1. The first-order valence-electron chi connectivity index (χ1n) is 9.95. The lowest BCUT2D eigenvalue weighted by Gasteiger charge is -2.13. The normalized spacial score (nSPS) is 15.1. The van der Waals surface area contributed by atoms with Crippen LogP contribution >= 0.6 is 23.4 Å². The fraction of sp³-hybridized carbons (Fsp3) is 0.0833. The number of carbonyl (C=O) groups excluding carboxylic acids is 2. The Morgan fingerprint density at radius 1 is 0.971 bits per heavy atom. The molecule has 0 aromatic heterocycles. The number of carbonyl (C=O) groups is 2. The molecule has 0 atom stereocenters. The molecule has 0 unspecified atom stereocenters. The molecule has 0 aliphatic carbocycles. The number of thioether (sulfide) groups is 1. The maximum atomic E-state index is 12.8. The van der Waals surface area contributed by atoms with Crippen molar-refractivity contribution in [3.05, 3.63) is 93.9 Å². The monoisotopic (exact) mass is 515 g/mol. The molecule has 1 aliphatic rings. The first kappa shape index (κ1) is 23.9. The lowest BCUT2D eigenvalue weighted by atomic mass is 10.1. The topological polar surface area (TPSA) is 90.0 Å². The zero-order valence-corrected chi connectivity index (χ0v) is 20.2. The average Bonchev–Trinajstić information content (AvgIpc) is 3.09. The van der Waals surface area contributed by atoms with Crippen LogP contribution in [-0.4, -0.2) is 31.6 Å². The van der Waals surface area contributed by atoms with Gasteiger partial charge in [-0.05, 0) is 59.3 Å². The molecule has 0 radical (unpaired) electrons. The number of methoxy groups -OCH3 is 1. The Balaban J connectivity index is 1.56. The molecule has 1 heterocycles. The summed E-state index contributed by atoms with van der Waals surface area (Å²) >= 11 is 6.97. The number of hydrogen-bond acceptors (Lipinski definition) is 7. The summed E-state index contributed by atoms with van der Waals surface area (Å²) in [5.74, 6) is -0.292. The maximum absolute atomic E-state index is 12.8. The Morgan fingerprint density at radius 3 is 2.38 bits per heavy atom. The SMILES string of the molecule is COc1cc(/C=C2\SC(=O)N(Cc3ccccc3Cl)C2=O)ccc1OS(=O)(=O)c1ccccc1. The number of halogens is 1. The lowest BCUT2D eigenvalue weighted by molar-refractivity contribution is -0.123. The van der Waals surface area contributed by atoms with E-state index in [9.17, 15) is 18.0 Å². The van der Waals surface area contributed by atoms with Crippen LogP contribution in [-0.2, 0) is 21.5 Å². The smallest absolute Gasteiger partial charge is 0.339 e. The number of hydrogen-bond donors (Lipinski definition) is 0. The highest BCUT2D eigenvalue weighted by Gasteiger charge is 2.35. The van der Waals surface area contributed by atoms with Crippen LogP contribution in [0.25, 0.3) is 6.08 Å². The van der Waals surface area contributed by atoms with Crippen LogP contribution in [0.5, 0.6) is 11.5 Å². The van der Waals surface area contributed by atoms with Gasteiger partial charge in [0, 0.05) is 5.02 Å². The number of ether oxygens (including phenoxy) is 1. The van der Waals surface area contributed by atoms with E-state index in [4.69, 9.17) is 20.5 Å². The van der Waals surface area contributed by atoms with Gasteiger partial charge in [0.15, 0.2) is 11.5 Å². The molecule has 1 aliphatic heterocycles. The molecule has 0 bridgehead atoms. The quantitative estimate of drug-likeness (QED) is 0.309. The van der Waals surface area contributed by atoms with Gasteiger partial charge in [-0.15, -0.1) is 0 Å². The molecular formula is C24H18ClNO6S2. The molecular weight excluding hydrogens is 498 g/mol. The average molecular weight is 516 g/mol. The van der Waals surface area contributed by atoms with Crippen molar-refractivity contribution in [2.45, 2.75) is 11.4 Å². The van der Waals surface area contributed by atoms with Crippen LogP contribution in [0.1, 0.15) is 11.1 Å². The molecule has 0 N–H and O–H groups in total. The fourth-order valence-electron chi connectivity index (χ4n) is 3.18. The summed E-state index contributed by atoms with van der Waals surface area (Å²) in [6, 6.07) is 19.3. The Kier molecular flexibility index (Phi) is 6.97. The van der Waals surface area contributed by atoms with Crippen molar-refractivity contribution in [1.82, 2.24) is 4.90 Å². The minimum Gasteiger partial charge on any atom is -0.493 e. The number of amides is 2. The van der Waals surface area contributed by atoms with Crippen LogP contribution < -0.4 is 8.92 Å². The van der Waals surface area contributed by atoms with Gasteiger partial charge in [-0.2, -0.15) is 8.42 Å². The fourth-order valence-corrected chi connectivity index (χ4v) is 5.18. The summed E-state index contributed by atoms with van der Waals surface area (Å²) in [6.45, 7) is 0.0646. The molecule has 0 saturated carbocycles. The molecule has 4 rings (SSSR count). The van der Waals surface area contributed by atoms with Crippen molar-refractivity contribution in [2.24, 2.45) is 0 Å². The van der Waals surface area contributed by atoms with Crippen LogP contribution in [0.4, 0.5) is 4.79 Å². The maximum Gasteiger partial charge on any atom is 0.339 e. The minimum atomic E-state index is -4.05. The van der Waals surface area contributed by atoms with E-state index in [0.29, 0.717) is 16.1 Å². The molecule has 1 saturated heterocycles. The second-order valence-electron chi connectivity index (χ2n) is 7.12. The van der Waals surface area contributed by atoms with Crippen molar-refractivity contribution in [2.75, 3.05) is 7.11 Å². The lowest BCUT2D eigenvalue weighted by Crippen LogP contribution is -2.27. The number of benzene rings is 3.